The second-order valence-electron chi connectivity index (χ2n) is 5.75. The molecule has 0 saturated heterocycles. The van der Waals surface area contributed by atoms with Gasteiger partial charge in [0.05, 0.1) is 0 Å². The molecule has 0 radical (unpaired) electrons. The molecule has 1 aromatic carbocycles. The smallest absolute Gasteiger partial charge is 0.129 e. The number of likely N-dealkylation sites (N-methyl/N-ethyl adjacent to an activating group) is 1. The standard InChI is InChI=1S/C17H25F2NS/c1-2-20-13(12-21-14-7-4-3-5-8-14)11-15-16(18)9-6-10-17(15)19/h6,9-10,13-14,20H,2-5,7-8,11-12H2,1H3. The molecule has 1 aliphatic carbocycles. The van der Waals surface area contributed by atoms with Crippen molar-refractivity contribution < 1.29 is 8.78 Å². The van der Waals surface area contributed by atoms with Gasteiger partial charge in [-0.05, 0) is 37.9 Å². The average molecular weight is 313 g/mol. The van der Waals surface area contributed by atoms with E-state index in [-0.39, 0.29) is 11.6 Å². The molecule has 118 valence electrons. The van der Waals surface area contributed by atoms with Crippen LogP contribution in [-0.4, -0.2) is 23.6 Å². The molecule has 1 saturated carbocycles. The summed E-state index contributed by atoms with van der Waals surface area (Å²) in [6.07, 6.45) is 7.01. The lowest BCUT2D eigenvalue weighted by molar-refractivity contribution is 0.503. The van der Waals surface area contributed by atoms with Gasteiger partial charge in [0.15, 0.2) is 0 Å². The predicted molar refractivity (Wildman–Crippen MR) is 86.9 cm³/mol. The Hall–Kier alpha value is -0.610. The van der Waals surface area contributed by atoms with E-state index in [9.17, 15) is 8.78 Å². The van der Waals surface area contributed by atoms with E-state index in [4.69, 9.17) is 0 Å². The lowest BCUT2D eigenvalue weighted by Crippen LogP contribution is -2.34. The van der Waals surface area contributed by atoms with Gasteiger partial charge < -0.3 is 5.32 Å². The van der Waals surface area contributed by atoms with Crippen LogP contribution >= 0.6 is 11.8 Å². The molecule has 1 atom stereocenters. The van der Waals surface area contributed by atoms with E-state index < -0.39 is 11.6 Å². The van der Waals surface area contributed by atoms with Crippen LogP contribution in [0.5, 0.6) is 0 Å². The van der Waals surface area contributed by atoms with Crippen molar-refractivity contribution in [2.45, 2.75) is 56.7 Å². The highest BCUT2D eigenvalue weighted by Crippen LogP contribution is 2.29. The molecule has 0 spiro atoms. The highest BCUT2D eigenvalue weighted by molar-refractivity contribution is 7.99. The van der Waals surface area contributed by atoms with Crippen LogP contribution < -0.4 is 5.32 Å². The number of hydrogen-bond acceptors (Lipinski definition) is 2. The summed E-state index contributed by atoms with van der Waals surface area (Å²) in [6, 6.07) is 4.24. The predicted octanol–water partition coefficient (Wildman–Crippen LogP) is 4.55. The van der Waals surface area contributed by atoms with Gasteiger partial charge in [0, 0.05) is 22.6 Å². The summed E-state index contributed by atoms with van der Waals surface area (Å²) >= 11 is 1.97. The van der Waals surface area contributed by atoms with Crippen LogP contribution in [0.1, 0.15) is 44.6 Å². The average Bonchev–Trinajstić information content (AvgIpc) is 2.49. The van der Waals surface area contributed by atoms with Gasteiger partial charge in [0.25, 0.3) is 0 Å². The molecule has 0 aliphatic heterocycles. The van der Waals surface area contributed by atoms with Crippen LogP contribution in [0.25, 0.3) is 0 Å². The molecular formula is C17H25F2NS. The summed E-state index contributed by atoms with van der Waals surface area (Å²) in [5.41, 5.74) is 0.215. The van der Waals surface area contributed by atoms with E-state index >= 15 is 0 Å². The lowest BCUT2D eigenvalue weighted by Gasteiger charge is -2.24. The van der Waals surface area contributed by atoms with Crippen molar-refractivity contribution in [3.63, 3.8) is 0 Å². The van der Waals surface area contributed by atoms with Crippen molar-refractivity contribution in [1.29, 1.82) is 0 Å². The van der Waals surface area contributed by atoms with Crippen LogP contribution in [0.2, 0.25) is 0 Å². The van der Waals surface area contributed by atoms with Crippen molar-refractivity contribution in [3.8, 4) is 0 Å². The third kappa shape index (κ3) is 5.26. The maximum absolute atomic E-state index is 13.8. The second kappa shape index (κ2) is 8.74. The first kappa shape index (κ1) is 16.8. The largest absolute Gasteiger partial charge is 0.313 e. The number of nitrogens with one attached hydrogen (secondary N) is 1. The summed E-state index contributed by atoms with van der Waals surface area (Å²) in [6.45, 7) is 2.86. The van der Waals surface area contributed by atoms with E-state index in [0.717, 1.165) is 17.5 Å². The molecule has 1 fully saturated rings. The molecule has 1 N–H and O–H groups in total. The number of hydrogen-bond donors (Lipinski definition) is 1. The number of benzene rings is 1. The molecule has 4 heteroatoms. The molecule has 2 rings (SSSR count). The topological polar surface area (TPSA) is 12.0 Å². The van der Waals surface area contributed by atoms with E-state index in [1.54, 1.807) is 0 Å². The maximum atomic E-state index is 13.8. The number of halogens is 2. The lowest BCUT2D eigenvalue weighted by atomic mass is 10.0. The van der Waals surface area contributed by atoms with Gasteiger partial charge >= 0.3 is 0 Å². The van der Waals surface area contributed by atoms with Gasteiger partial charge in [-0.3, -0.25) is 0 Å². The Morgan fingerprint density at radius 2 is 1.86 bits per heavy atom. The fourth-order valence-electron chi connectivity index (χ4n) is 2.94. The summed E-state index contributed by atoms with van der Waals surface area (Å²) in [5, 5.41) is 4.10. The molecular weight excluding hydrogens is 288 g/mol. The molecule has 0 aromatic heterocycles. The SMILES string of the molecule is CCNC(CSC1CCCCC1)Cc1c(F)cccc1F. The quantitative estimate of drug-likeness (QED) is 0.792. The number of rotatable bonds is 7. The third-order valence-electron chi connectivity index (χ3n) is 4.09. The second-order valence-corrected chi connectivity index (χ2v) is 7.09. The minimum Gasteiger partial charge on any atom is -0.313 e. The Labute approximate surface area is 130 Å². The first-order valence-electron chi connectivity index (χ1n) is 7.98. The summed E-state index contributed by atoms with van der Waals surface area (Å²) in [5.74, 6) is 0.0628. The van der Waals surface area contributed by atoms with E-state index in [2.05, 4.69) is 5.32 Å². The molecule has 1 unspecified atom stereocenters. The van der Waals surface area contributed by atoms with Gasteiger partial charge in [-0.15, -0.1) is 0 Å². The van der Waals surface area contributed by atoms with Crippen LogP contribution in [0.4, 0.5) is 8.78 Å². The molecule has 1 nitrogen and oxygen atoms in total. The van der Waals surface area contributed by atoms with E-state index in [1.165, 1.54) is 50.3 Å². The fraction of sp³-hybridized carbons (Fsp3) is 0.647. The molecule has 1 aliphatic rings. The molecule has 0 heterocycles. The van der Waals surface area contributed by atoms with Crippen molar-refractivity contribution >= 4 is 11.8 Å². The highest BCUT2D eigenvalue weighted by Gasteiger charge is 2.19. The zero-order chi connectivity index (χ0) is 15.1. The normalized spacial score (nSPS) is 17.9. The first-order valence-corrected chi connectivity index (χ1v) is 9.03. The first-order chi connectivity index (χ1) is 10.2. The number of thioether (sulfide) groups is 1. The van der Waals surface area contributed by atoms with Crippen LogP contribution in [-0.2, 0) is 6.42 Å². The monoisotopic (exact) mass is 313 g/mol. The summed E-state index contributed by atoms with van der Waals surface area (Å²) < 4.78 is 27.5. The summed E-state index contributed by atoms with van der Waals surface area (Å²) in [4.78, 5) is 0. The fourth-order valence-corrected chi connectivity index (χ4v) is 4.34. The van der Waals surface area contributed by atoms with Crippen molar-refractivity contribution in [3.05, 3.63) is 35.4 Å². The van der Waals surface area contributed by atoms with Crippen molar-refractivity contribution in [2.24, 2.45) is 0 Å². The zero-order valence-electron chi connectivity index (χ0n) is 12.7. The Kier molecular flexibility index (Phi) is 6.97. The Morgan fingerprint density at radius 3 is 2.48 bits per heavy atom. The molecule has 0 amide bonds. The van der Waals surface area contributed by atoms with Crippen molar-refractivity contribution in [2.75, 3.05) is 12.3 Å². The van der Waals surface area contributed by atoms with Gasteiger partial charge in [-0.2, -0.15) is 11.8 Å². The Balaban J connectivity index is 1.91. The molecule has 1 aromatic rings. The Morgan fingerprint density at radius 1 is 1.19 bits per heavy atom. The van der Waals surface area contributed by atoms with Gasteiger partial charge in [0.1, 0.15) is 11.6 Å². The zero-order valence-corrected chi connectivity index (χ0v) is 13.5. The van der Waals surface area contributed by atoms with Crippen molar-refractivity contribution in [1.82, 2.24) is 5.32 Å². The van der Waals surface area contributed by atoms with Gasteiger partial charge in [0.2, 0.25) is 0 Å². The molecule has 0 bridgehead atoms. The maximum Gasteiger partial charge on any atom is 0.129 e. The van der Waals surface area contributed by atoms with Gasteiger partial charge in [-0.1, -0.05) is 32.3 Å². The minimum atomic E-state index is -0.430. The summed E-state index contributed by atoms with van der Waals surface area (Å²) in [7, 11) is 0. The van der Waals surface area contributed by atoms with Crippen LogP contribution in [0.3, 0.4) is 0 Å². The Bertz CT molecular complexity index is 413. The van der Waals surface area contributed by atoms with E-state index in [0.29, 0.717) is 6.42 Å². The van der Waals surface area contributed by atoms with Crippen LogP contribution in [0, 0.1) is 11.6 Å². The van der Waals surface area contributed by atoms with E-state index in [1.807, 2.05) is 18.7 Å². The molecule has 21 heavy (non-hydrogen) atoms. The third-order valence-corrected chi connectivity index (χ3v) is 5.63. The highest BCUT2D eigenvalue weighted by atomic mass is 32.2. The van der Waals surface area contributed by atoms with Gasteiger partial charge in [-0.25, -0.2) is 8.78 Å². The minimum absolute atomic E-state index is 0.133. The van der Waals surface area contributed by atoms with Crippen LogP contribution in [0.15, 0.2) is 18.2 Å².